The van der Waals surface area contributed by atoms with Crippen LogP contribution in [0.4, 0.5) is 5.69 Å². The molecule has 0 spiro atoms. The van der Waals surface area contributed by atoms with Gasteiger partial charge in [-0.2, -0.15) is 5.26 Å². The van der Waals surface area contributed by atoms with Gasteiger partial charge in [0.2, 0.25) is 5.91 Å². The first-order valence-corrected chi connectivity index (χ1v) is 10.5. The summed E-state index contributed by atoms with van der Waals surface area (Å²) in [6, 6.07) is 15.9. The number of nitriles is 1. The molecule has 1 amide bonds. The second kappa shape index (κ2) is 8.69. The average Bonchev–Trinajstić information content (AvgIpc) is 3.08. The highest BCUT2D eigenvalue weighted by Crippen LogP contribution is 2.36. The molecule has 1 saturated heterocycles. The third-order valence-corrected chi connectivity index (χ3v) is 5.91. The number of nitrogens with zero attached hydrogens (tertiary/aromatic N) is 2. The van der Waals surface area contributed by atoms with E-state index in [0.717, 1.165) is 29.8 Å². The van der Waals surface area contributed by atoms with Crippen LogP contribution in [0.2, 0.25) is 5.02 Å². The summed E-state index contributed by atoms with van der Waals surface area (Å²) in [5, 5.41) is 12.1. The summed E-state index contributed by atoms with van der Waals surface area (Å²) in [4.78, 5) is 15.8. The molecule has 3 rings (SSSR count). The van der Waals surface area contributed by atoms with Gasteiger partial charge in [0.05, 0.1) is 6.07 Å². The van der Waals surface area contributed by atoms with Crippen molar-refractivity contribution >= 4 is 35.0 Å². The molecular weight excluding hydrogens is 378 g/mol. The summed E-state index contributed by atoms with van der Waals surface area (Å²) in [5.74, 6) is 0.310. The third-order valence-electron chi connectivity index (χ3n) is 4.84. The van der Waals surface area contributed by atoms with E-state index in [1.807, 2.05) is 18.2 Å². The first-order valence-electron chi connectivity index (χ1n) is 8.88. The van der Waals surface area contributed by atoms with Crippen molar-refractivity contribution in [3.05, 3.63) is 47.5 Å². The predicted molar refractivity (Wildman–Crippen MR) is 112 cm³/mol. The Labute approximate surface area is 169 Å². The Morgan fingerprint density at radius 1 is 1.33 bits per heavy atom. The minimum Gasteiger partial charge on any atom is -0.359 e. The van der Waals surface area contributed by atoms with E-state index in [4.69, 9.17) is 16.9 Å². The van der Waals surface area contributed by atoms with Crippen LogP contribution in [0.3, 0.4) is 0 Å². The van der Waals surface area contributed by atoms with Crippen LogP contribution in [0, 0.1) is 17.2 Å². The van der Waals surface area contributed by atoms with Gasteiger partial charge in [-0.15, -0.1) is 11.8 Å². The number of halogens is 1. The molecule has 6 heteroatoms. The zero-order valence-corrected chi connectivity index (χ0v) is 17.0. The highest BCUT2D eigenvalue weighted by molar-refractivity contribution is 7.98. The fourth-order valence-corrected chi connectivity index (χ4v) is 4.14. The Morgan fingerprint density at radius 2 is 2.07 bits per heavy atom. The lowest BCUT2D eigenvalue weighted by Gasteiger charge is -2.26. The van der Waals surface area contributed by atoms with Crippen molar-refractivity contribution in [1.29, 1.82) is 5.26 Å². The first-order chi connectivity index (χ1) is 13.0. The van der Waals surface area contributed by atoms with E-state index in [1.54, 1.807) is 11.8 Å². The van der Waals surface area contributed by atoms with Crippen molar-refractivity contribution in [2.24, 2.45) is 5.92 Å². The van der Waals surface area contributed by atoms with E-state index < -0.39 is 0 Å². The minimum atomic E-state index is -0.263. The molecule has 1 fully saturated rings. The van der Waals surface area contributed by atoms with Crippen LogP contribution in [0.1, 0.15) is 13.3 Å². The van der Waals surface area contributed by atoms with E-state index in [2.05, 4.69) is 53.7 Å². The quantitative estimate of drug-likeness (QED) is 0.590. The lowest BCUT2D eigenvalue weighted by molar-refractivity contribution is -0.122. The van der Waals surface area contributed by atoms with Gasteiger partial charge in [-0.3, -0.25) is 4.79 Å². The summed E-state index contributed by atoms with van der Waals surface area (Å²) in [6.45, 7) is 2.98. The molecule has 0 aromatic heterocycles. The molecule has 0 bridgehead atoms. The number of hydrogen-bond acceptors (Lipinski definition) is 4. The van der Waals surface area contributed by atoms with Crippen LogP contribution in [0.5, 0.6) is 0 Å². The number of hydrogen-bond donors (Lipinski definition) is 1. The van der Waals surface area contributed by atoms with Gasteiger partial charge >= 0.3 is 0 Å². The number of rotatable bonds is 5. The van der Waals surface area contributed by atoms with Crippen molar-refractivity contribution in [3.8, 4) is 17.2 Å². The second-order valence-corrected chi connectivity index (χ2v) is 8.06. The summed E-state index contributed by atoms with van der Waals surface area (Å²) in [7, 11) is 0. The number of amides is 1. The molecule has 0 unspecified atom stereocenters. The van der Waals surface area contributed by atoms with Gasteiger partial charge in [0.25, 0.3) is 0 Å². The van der Waals surface area contributed by atoms with E-state index in [1.165, 1.54) is 4.90 Å². The number of carbonyl (C=O) groups excluding carboxylic acids is 1. The van der Waals surface area contributed by atoms with Crippen LogP contribution in [-0.4, -0.2) is 31.3 Å². The Balaban J connectivity index is 1.91. The number of thioether (sulfide) groups is 1. The van der Waals surface area contributed by atoms with Crippen LogP contribution in [0.25, 0.3) is 11.1 Å². The standard InChI is InChI=1S/C21H22ClN3OS/c1-14-11-20(21(26)24-10-9-23)25(13-14)16-5-8-19(22)18(12-16)15-3-6-17(27-2)7-4-15/h3-8,12,14,20H,10-11,13H2,1-2H3,(H,24,26)/t14-,20-/m0/s1. The molecule has 140 valence electrons. The maximum atomic E-state index is 12.5. The van der Waals surface area contributed by atoms with Gasteiger partial charge in [0.1, 0.15) is 12.6 Å². The SMILES string of the molecule is CSc1ccc(-c2cc(N3C[C@@H](C)C[C@H]3C(=O)NCC#N)ccc2Cl)cc1. The summed E-state index contributed by atoms with van der Waals surface area (Å²) >= 11 is 8.17. The highest BCUT2D eigenvalue weighted by Gasteiger charge is 2.35. The molecule has 1 heterocycles. The molecule has 4 nitrogen and oxygen atoms in total. The average molecular weight is 400 g/mol. The van der Waals surface area contributed by atoms with Crippen molar-refractivity contribution < 1.29 is 4.79 Å². The Kier molecular flexibility index (Phi) is 6.30. The molecule has 2 aromatic rings. The van der Waals surface area contributed by atoms with Gasteiger partial charge in [-0.1, -0.05) is 30.7 Å². The van der Waals surface area contributed by atoms with Crippen molar-refractivity contribution in [1.82, 2.24) is 5.32 Å². The van der Waals surface area contributed by atoms with Gasteiger partial charge in [0, 0.05) is 27.7 Å². The first kappa shape index (κ1) is 19.6. The number of anilines is 1. The van der Waals surface area contributed by atoms with Crippen LogP contribution in [0.15, 0.2) is 47.4 Å². The molecule has 1 aliphatic heterocycles. The lowest BCUT2D eigenvalue weighted by atomic mass is 10.0. The number of benzene rings is 2. The van der Waals surface area contributed by atoms with Crippen LogP contribution in [-0.2, 0) is 4.79 Å². The number of carbonyl (C=O) groups is 1. The zero-order valence-electron chi connectivity index (χ0n) is 15.4. The Bertz CT molecular complexity index is 863. The summed E-state index contributed by atoms with van der Waals surface area (Å²) < 4.78 is 0. The minimum absolute atomic E-state index is 0.0329. The lowest BCUT2D eigenvalue weighted by Crippen LogP contribution is -2.43. The third kappa shape index (κ3) is 4.40. The largest absolute Gasteiger partial charge is 0.359 e. The summed E-state index contributed by atoms with van der Waals surface area (Å²) in [6.07, 6.45) is 2.83. The Morgan fingerprint density at radius 3 is 2.74 bits per heavy atom. The molecule has 0 aliphatic carbocycles. The summed E-state index contributed by atoms with van der Waals surface area (Å²) in [5.41, 5.74) is 2.99. The molecular formula is C21H22ClN3OS. The normalized spacial score (nSPS) is 19.0. The van der Waals surface area contributed by atoms with Gasteiger partial charge in [0.15, 0.2) is 0 Å². The number of nitrogens with one attached hydrogen (secondary N) is 1. The van der Waals surface area contributed by atoms with Crippen LogP contribution < -0.4 is 10.2 Å². The highest BCUT2D eigenvalue weighted by atomic mass is 35.5. The fraction of sp³-hybridized carbons (Fsp3) is 0.333. The molecule has 27 heavy (non-hydrogen) atoms. The zero-order chi connectivity index (χ0) is 19.4. The topological polar surface area (TPSA) is 56.1 Å². The molecule has 2 aromatic carbocycles. The van der Waals surface area contributed by atoms with Gasteiger partial charge < -0.3 is 10.2 Å². The molecule has 0 radical (unpaired) electrons. The predicted octanol–water partition coefficient (Wildman–Crippen LogP) is 4.58. The van der Waals surface area contributed by atoms with E-state index in [-0.39, 0.29) is 18.5 Å². The van der Waals surface area contributed by atoms with Crippen molar-refractivity contribution in [2.45, 2.75) is 24.3 Å². The molecule has 2 atom stereocenters. The van der Waals surface area contributed by atoms with Crippen molar-refractivity contribution in [2.75, 3.05) is 24.2 Å². The maximum absolute atomic E-state index is 12.5. The fourth-order valence-electron chi connectivity index (χ4n) is 3.51. The van der Waals surface area contributed by atoms with E-state index in [9.17, 15) is 4.79 Å². The van der Waals surface area contributed by atoms with E-state index in [0.29, 0.717) is 10.9 Å². The molecule has 1 N–H and O–H groups in total. The smallest absolute Gasteiger partial charge is 0.243 e. The van der Waals surface area contributed by atoms with Gasteiger partial charge in [-0.05, 0) is 54.5 Å². The second-order valence-electron chi connectivity index (χ2n) is 6.78. The molecule has 0 saturated carbocycles. The monoisotopic (exact) mass is 399 g/mol. The Hall–Kier alpha value is -2.16. The maximum Gasteiger partial charge on any atom is 0.243 e. The van der Waals surface area contributed by atoms with Crippen molar-refractivity contribution in [3.63, 3.8) is 0 Å². The molecule has 1 aliphatic rings. The van der Waals surface area contributed by atoms with Crippen LogP contribution >= 0.6 is 23.4 Å². The van der Waals surface area contributed by atoms with Gasteiger partial charge in [-0.25, -0.2) is 0 Å². The van der Waals surface area contributed by atoms with E-state index >= 15 is 0 Å².